The first kappa shape index (κ1) is 48.8. The minimum Gasteiger partial charge on any atom is -0.457 e. The number of hydrogen-bond acceptors (Lipinski definition) is 10. The van der Waals surface area contributed by atoms with E-state index in [4.69, 9.17) is 14.2 Å². The first-order valence-corrected chi connectivity index (χ1v) is 21.6. The van der Waals surface area contributed by atoms with Gasteiger partial charge in [-0.2, -0.15) is 0 Å². The topological polar surface area (TPSA) is 195 Å². The molecule has 3 atom stereocenters. The number of nitrogens with zero attached hydrogens (tertiary/aromatic N) is 2. The number of ether oxygens (including phenoxy) is 3. The molecule has 0 bridgehead atoms. The molecule has 0 saturated heterocycles. The van der Waals surface area contributed by atoms with Crippen LogP contribution in [0.25, 0.3) is 0 Å². The van der Waals surface area contributed by atoms with E-state index in [9.17, 15) is 34.2 Å². The number of halogens is 1. The fourth-order valence-corrected chi connectivity index (χ4v) is 7.72. The standard InChI is InChI=1S/C17H20N2O6.C11H18N2O4.C7H17ISi.CH4/c1-2-13(10-20)25-15(19-9-8-14(21)18-17(19)23)11-24-16(22)12-6-4-3-5-7-12;1-3-8(4-2)17-10(7-14)13-6-5-9(15)12-11(13)16;1-7(2,3)9(4,5)6-8;/h3-9,13,15,20H,2,10-11H2,1H3,(H,18,21,23);5-6,8,10,14H,3-4,7H2,1-2H3,(H,12,15,16);6H2,1-5H3;1H4/t13-,15-;10-;;/m11../s1. The van der Waals surface area contributed by atoms with Crippen molar-refractivity contribution in [3.8, 4) is 0 Å². The maximum absolute atomic E-state index is 12.1. The average molecular weight is 863 g/mol. The monoisotopic (exact) mass is 862 g/mol. The number of aliphatic hydroxyl groups excluding tert-OH is 2. The van der Waals surface area contributed by atoms with Crippen molar-refractivity contribution in [3.05, 3.63) is 102 Å². The average Bonchev–Trinajstić information content (AvgIpc) is 3.10. The quantitative estimate of drug-likeness (QED) is 0.0698. The van der Waals surface area contributed by atoms with Crippen molar-refractivity contribution in [2.24, 2.45) is 0 Å². The third-order valence-electron chi connectivity index (χ3n) is 8.48. The highest BCUT2D eigenvalue weighted by molar-refractivity contribution is 14.1. The van der Waals surface area contributed by atoms with Gasteiger partial charge in [-0.25, -0.2) is 14.4 Å². The highest BCUT2D eigenvalue weighted by Crippen LogP contribution is 2.36. The lowest BCUT2D eigenvalue weighted by Gasteiger charge is -2.35. The zero-order valence-electron chi connectivity index (χ0n) is 30.9. The molecule has 294 valence electrons. The lowest BCUT2D eigenvalue weighted by Crippen LogP contribution is -2.39. The summed E-state index contributed by atoms with van der Waals surface area (Å²) in [5.74, 6) is -0.566. The number of aromatic nitrogens is 4. The van der Waals surface area contributed by atoms with Crippen molar-refractivity contribution in [1.82, 2.24) is 19.1 Å². The molecule has 0 spiro atoms. The number of benzene rings is 1. The Morgan fingerprint density at radius 3 is 1.62 bits per heavy atom. The van der Waals surface area contributed by atoms with Gasteiger partial charge in [-0.15, -0.1) is 0 Å². The Bertz CT molecular complexity index is 1680. The number of nitrogens with one attached hydrogen (secondary N) is 2. The number of rotatable bonds is 15. The smallest absolute Gasteiger partial charge is 0.338 e. The fraction of sp³-hybridized carbons (Fsp3) is 0.583. The van der Waals surface area contributed by atoms with Crippen LogP contribution in [0.1, 0.15) is 91.0 Å². The Morgan fingerprint density at radius 1 is 0.788 bits per heavy atom. The number of carbonyl (C=O) groups is 1. The van der Waals surface area contributed by atoms with Crippen LogP contribution in [-0.2, 0) is 14.2 Å². The van der Waals surface area contributed by atoms with Crippen molar-refractivity contribution in [2.45, 2.75) is 111 Å². The van der Waals surface area contributed by atoms with Gasteiger partial charge >= 0.3 is 17.3 Å². The van der Waals surface area contributed by atoms with Gasteiger partial charge in [0, 0.05) is 24.5 Å². The van der Waals surface area contributed by atoms with Crippen LogP contribution in [0.5, 0.6) is 0 Å². The minimum absolute atomic E-state index is 0. The molecule has 0 unspecified atom stereocenters. The summed E-state index contributed by atoms with van der Waals surface area (Å²) >= 11 is 2.52. The van der Waals surface area contributed by atoms with Crippen LogP contribution in [-0.4, -0.2) is 79.4 Å². The summed E-state index contributed by atoms with van der Waals surface area (Å²) in [5.41, 5.74) is -1.92. The van der Waals surface area contributed by atoms with E-state index in [1.807, 2.05) is 20.8 Å². The van der Waals surface area contributed by atoms with E-state index in [1.54, 1.807) is 30.3 Å². The molecular weight excluding hydrogens is 803 g/mol. The first-order valence-electron chi connectivity index (χ1n) is 16.9. The van der Waals surface area contributed by atoms with E-state index >= 15 is 0 Å². The molecule has 0 saturated carbocycles. The Hall–Kier alpha value is -3.16. The number of carbonyl (C=O) groups excluding carboxylic acids is 1. The van der Waals surface area contributed by atoms with Crippen LogP contribution in [0.2, 0.25) is 18.1 Å². The summed E-state index contributed by atoms with van der Waals surface area (Å²) < 4.78 is 20.1. The molecule has 0 radical (unpaired) electrons. The van der Waals surface area contributed by atoms with Crippen LogP contribution >= 0.6 is 22.6 Å². The van der Waals surface area contributed by atoms with Crippen molar-refractivity contribution < 1.29 is 29.2 Å². The number of aromatic amines is 2. The predicted molar refractivity (Wildman–Crippen MR) is 215 cm³/mol. The second kappa shape index (κ2) is 24.2. The summed E-state index contributed by atoms with van der Waals surface area (Å²) in [7, 11) is -0.892. The van der Waals surface area contributed by atoms with Crippen molar-refractivity contribution in [2.75, 3.05) is 23.9 Å². The van der Waals surface area contributed by atoms with Gasteiger partial charge in [0.05, 0.1) is 39.1 Å². The first-order chi connectivity index (χ1) is 24.0. The summed E-state index contributed by atoms with van der Waals surface area (Å²) in [6, 6.07) is 10.8. The van der Waals surface area contributed by atoms with E-state index in [0.29, 0.717) is 17.0 Å². The molecule has 16 heteroatoms. The van der Waals surface area contributed by atoms with Crippen LogP contribution in [0, 0.1) is 0 Å². The minimum atomic E-state index is -0.978. The molecule has 0 fully saturated rings. The van der Waals surface area contributed by atoms with Gasteiger partial charge in [0.1, 0.15) is 6.61 Å². The SMILES string of the molecule is C.CC(C)(C)[Si](C)(C)CI.CCC(CC)O[C@H](CO)n1ccc(=O)[nH]c1=O.CC[C@H](CO)O[C@H](COC(=O)c1ccccc1)n1ccc(=O)[nH]c1=O. The van der Waals surface area contributed by atoms with Crippen molar-refractivity contribution in [1.29, 1.82) is 0 Å². The van der Waals surface area contributed by atoms with E-state index in [-0.39, 0.29) is 33.4 Å². The molecule has 0 aliphatic carbocycles. The molecule has 3 aromatic rings. The lowest BCUT2D eigenvalue weighted by atomic mass is 10.2. The van der Waals surface area contributed by atoms with Gasteiger partial charge in [0.25, 0.3) is 11.1 Å². The normalized spacial score (nSPS) is 13.0. The maximum Gasteiger partial charge on any atom is 0.338 e. The molecule has 4 N–H and O–H groups in total. The Labute approximate surface area is 320 Å². The second-order valence-electron chi connectivity index (χ2n) is 13.3. The van der Waals surface area contributed by atoms with Gasteiger partial charge in [-0.1, -0.05) is 103 Å². The number of aliphatic hydroxyl groups is 2. The Kier molecular flexibility index (Phi) is 22.7. The largest absolute Gasteiger partial charge is 0.457 e. The zero-order valence-corrected chi connectivity index (χ0v) is 34.0. The molecule has 0 aliphatic rings. The number of esters is 1. The van der Waals surface area contributed by atoms with Gasteiger partial charge in [0.15, 0.2) is 12.5 Å². The van der Waals surface area contributed by atoms with Crippen LogP contribution in [0.3, 0.4) is 0 Å². The van der Waals surface area contributed by atoms with Gasteiger partial charge in [-0.05, 0) is 40.5 Å². The van der Waals surface area contributed by atoms with Gasteiger partial charge < -0.3 is 24.4 Å². The van der Waals surface area contributed by atoms with E-state index in [1.165, 1.54) is 27.1 Å². The molecule has 3 rings (SSSR count). The third-order valence-corrected chi connectivity index (χ3v) is 18.9. The van der Waals surface area contributed by atoms with Gasteiger partial charge in [-0.3, -0.25) is 28.7 Å². The van der Waals surface area contributed by atoms with Crippen molar-refractivity contribution >= 4 is 36.6 Å². The second-order valence-corrected chi connectivity index (χ2v) is 21.1. The number of H-pyrrole nitrogens is 2. The van der Waals surface area contributed by atoms with Crippen molar-refractivity contribution in [3.63, 3.8) is 0 Å². The number of hydrogen-bond donors (Lipinski definition) is 4. The van der Waals surface area contributed by atoms with Crippen LogP contribution < -0.4 is 22.5 Å². The third kappa shape index (κ3) is 16.2. The molecular formula is C36H59IN4O10Si. The Balaban J connectivity index is 0.000000834. The van der Waals surface area contributed by atoms with Crippen LogP contribution in [0.4, 0.5) is 0 Å². The zero-order chi connectivity index (χ0) is 38.8. The predicted octanol–water partition coefficient (Wildman–Crippen LogP) is 5.02. The highest BCUT2D eigenvalue weighted by Gasteiger charge is 2.33. The van der Waals surface area contributed by atoms with E-state index < -0.39 is 55.1 Å². The lowest BCUT2D eigenvalue weighted by molar-refractivity contribution is -0.102. The van der Waals surface area contributed by atoms with E-state index in [2.05, 4.69) is 66.4 Å². The van der Waals surface area contributed by atoms with E-state index in [0.717, 1.165) is 23.5 Å². The highest BCUT2D eigenvalue weighted by atomic mass is 127. The summed E-state index contributed by atoms with van der Waals surface area (Å²) in [6.07, 6.45) is 2.37. The molecule has 0 amide bonds. The molecule has 0 aliphatic heterocycles. The Morgan fingerprint density at radius 2 is 1.25 bits per heavy atom. The number of alkyl halides is 1. The maximum atomic E-state index is 12.1. The summed E-state index contributed by atoms with van der Waals surface area (Å²) in [5, 5.41) is 19.1. The molecule has 14 nitrogen and oxygen atoms in total. The molecule has 2 heterocycles. The summed E-state index contributed by atoms with van der Waals surface area (Å²) in [4.78, 5) is 61.9. The van der Waals surface area contributed by atoms with Crippen LogP contribution in [0.15, 0.2) is 74.0 Å². The van der Waals surface area contributed by atoms with Gasteiger partial charge in [0.2, 0.25) is 0 Å². The molecule has 1 aromatic carbocycles. The molecule has 2 aromatic heterocycles. The summed E-state index contributed by atoms with van der Waals surface area (Å²) in [6.45, 7) is 16.9. The fourth-order valence-electron chi connectivity index (χ4n) is 3.89. The molecule has 52 heavy (non-hydrogen) atoms.